The average molecular weight is 453 g/mol. The number of hydrogen-bond acceptors (Lipinski definition) is 5. The number of nitro benzene ring substituents is 1. The van der Waals surface area contributed by atoms with Crippen molar-refractivity contribution in [2.24, 2.45) is 5.10 Å². The molecule has 0 fully saturated rings. The Labute approximate surface area is 186 Å². The third-order valence-electron chi connectivity index (χ3n) is 4.61. The number of aromatic nitrogens is 1. The predicted molar refractivity (Wildman–Crippen MR) is 122 cm³/mol. The number of hydrogen-bond donors (Lipinski definition) is 1. The average Bonchev–Trinajstić information content (AvgIpc) is 3.05. The Kier molecular flexibility index (Phi) is 5.70. The summed E-state index contributed by atoms with van der Waals surface area (Å²) < 4.78 is 1.42. The molecule has 4 aromatic rings. The van der Waals surface area contributed by atoms with Gasteiger partial charge < -0.3 is 0 Å². The first-order chi connectivity index (χ1) is 15.0. The molecule has 0 unspecified atom stereocenters. The molecular weight excluding hydrogens is 439 g/mol. The van der Waals surface area contributed by atoms with E-state index in [0.29, 0.717) is 27.4 Å². The first kappa shape index (κ1) is 20.6. The highest BCUT2D eigenvalue weighted by molar-refractivity contribution is 6.36. The number of nitrogens with one attached hydrogen (secondary N) is 1. The lowest BCUT2D eigenvalue weighted by Gasteiger charge is -2.06. The molecule has 0 radical (unpaired) electrons. The molecule has 0 bridgehead atoms. The standard InChI is InChI=1S/C22H14Cl2N4O3/c23-15-7-5-14(6-8-15)22(29)27-20-4-2-1-3-18(20)19(21(27)24)13-25-26-16-9-11-17(12-10-16)28(30)31/h1-13,26H/b25-13+. The number of benzene rings is 3. The summed E-state index contributed by atoms with van der Waals surface area (Å²) in [6.07, 6.45) is 1.51. The summed E-state index contributed by atoms with van der Waals surface area (Å²) in [5.74, 6) is -0.291. The molecule has 0 aliphatic rings. The zero-order valence-corrected chi connectivity index (χ0v) is 17.3. The van der Waals surface area contributed by atoms with Gasteiger partial charge in [0, 0.05) is 33.7 Å². The van der Waals surface area contributed by atoms with Crippen LogP contribution >= 0.6 is 23.2 Å². The van der Waals surface area contributed by atoms with Gasteiger partial charge in [0.15, 0.2) is 0 Å². The highest BCUT2D eigenvalue weighted by Gasteiger charge is 2.20. The topological polar surface area (TPSA) is 89.5 Å². The summed E-state index contributed by atoms with van der Waals surface area (Å²) in [4.78, 5) is 23.4. The number of halogens is 2. The number of carbonyl (C=O) groups excluding carboxylic acids is 1. The number of rotatable bonds is 5. The van der Waals surface area contributed by atoms with Crippen molar-refractivity contribution in [1.29, 1.82) is 0 Å². The molecule has 0 amide bonds. The zero-order chi connectivity index (χ0) is 22.0. The van der Waals surface area contributed by atoms with Crippen molar-refractivity contribution < 1.29 is 9.72 Å². The fourth-order valence-corrected chi connectivity index (χ4v) is 3.55. The molecule has 1 aromatic heterocycles. The van der Waals surface area contributed by atoms with Crippen molar-refractivity contribution in [2.75, 3.05) is 5.43 Å². The maximum atomic E-state index is 13.1. The number of nitrogens with zero attached hydrogens (tertiary/aromatic N) is 3. The molecule has 7 nitrogen and oxygen atoms in total. The van der Waals surface area contributed by atoms with E-state index in [0.717, 1.165) is 5.39 Å². The molecule has 154 valence electrons. The molecule has 9 heteroatoms. The van der Waals surface area contributed by atoms with E-state index >= 15 is 0 Å². The van der Waals surface area contributed by atoms with Crippen molar-refractivity contribution >= 4 is 57.6 Å². The van der Waals surface area contributed by atoms with Crippen LogP contribution in [0.25, 0.3) is 10.9 Å². The normalized spacial score (nSPS) is 11.2. The summed E-state index contributed by atoms with van der Waals surface area (Å²) in [6.45, 7) is 0. The number of carbonyl (C=O) groups is 1. The van der Waals surface area contributed by atoms with Gasteiger partial charge in [-0.2, -0.15) is 5.10 Å². The van der Waals surface area contributed by atoms with Gasteiger partial charge in [0.25, 0.3) is 11.6 Å². The number of nitro groups is 1. The van der Waals surface area contributed by atoms with Gasteiger partial charge in [-0.25, -0.2) is 0 Å². The molecule has 4 rings (SSSR count). The van der Waals surface area contributed by atoms with Crippen LogP contribution in [-0.2, 0) is 0 Å². The molecule has 0 saturated carbocycles. The number of hydrazone groups is 1. The van der Waals surface area contributed by atoms with E-state index < -0.39 is 4.92 Å². The fourth-order valence-electron chi connectivity index (χ4n) is 3.11. The Morgan fingerprint density at radius 1 is 1.00 bits per heavy atom. The first-order valence-electron chi connectivity index (χ1n) is 9.08. The maximum absolute atomic E-state index is 13.1. The maximum Gasteiger partial charge on any atom is 0.269 e. The van der Waals surface area contributed by atoms with Crippen LogP contribution in [0.2, 0.25) is 10.2 Å². The van der Waals surface area contributed by atoms with Crippen LogP contribution in [0.5, 0.6) is 0 Å². The molecule has 1 heterocycles. The van der Waals surface area contributed by atoms with E-state index in [4.69, 9.17) is 23.2 Å². The molecule has 0 saturated heterocycles. The van der Waals surface area contributed by atoms with E-state index in [2.05, 4.69) is 10.5 Å². The lowest BCUT2D eigenvalue weighted by Crippen LogP contribution is -2.12. The monoisotopic (exact) mass is 452 g/mol. The van der Waals surface area contributed by atoms with Crippen LogP contribution in [0.1, 0.15) is 15.9 Å². The minimum atomic E-state index is -0.473. The number of non-ortho nitro benzene ring substituents is 1. The first-order valence-corrected chi connectivity index (χ1v) is 9.84. The van der Waals surface area contributed by atoms with Crippen LogP contribution in [0, 0.1) is 10.1 Å². The molecule has 3 aromatic carbocycles. The van der Waals surface area contributed by atoms with Crippen molar-refractivity contribution in [3.8, 4) is 0 Å². The minimum absolute atomic E-state index is 0.0126. The van der Waals surface area contributed by atoms with Crippen molar-refractivity contribution in [3.63, 3.8) is 0 Å². The minimum Gasteiger partial charge on any atom is -0.278 e. The summed E-state index contributed by atoms with van der Waals surface area (Å²) in [5.41, 5.74) is 5.01. The van der Waals surface area contributed by atoms with Crippen molar-refractivity contribution in [2.45, 2.75) is 0 Å². The third-order valence-corrected chi connectivity index (χ3v) is 5.24. The van der Waals surface area contributed by atoms with Gasteiger partial charge in [-0.1, -0.05) is 41.4 Å². The lowest BCUT2D eigenvalue weighted by atomic mass is 10.2. The van der Waals surface area contributed by atoms with Gasteiger partial charge in [-0.05, 0) is 42.5 Å². The number of anilines is 1. The summed E-state index contributed by atoms with van der Waals surface area (Å²) >= 11 is 12.5. The largest absolute Gasteiger partial charge is 0.278 e. The van der Waals surface area contributed by atoms with Crippen LogP contribution in [-0.4, -0.2) is 21.6 Å². The molecule has 31 heavy (non-hydrogen) atoms. The Bertz CT molecular complexity index is 1310. The Balaban J connectivity index is 1.67. The lowest BCUT2D eigenvalue weighted by molar-refractivity contribution is -0.384. The molecule has 0 aliphatic heterocycles. The van der Waals surface area contributed by atoms with E-state index in [1.54, 1.807) is 42.5 Å². The van der Waals surface area contributed by atoms with Crippen LogP contribution in [0.4, 0.5) is 11.4 Å². The summed E-state index contributed by atoms with van der Waals surface area (Å²) in [6, 6.07) is 19.7. The highest BCUT2D eigenvalue weighted by Crippen LogP contribution is 2.30. The van der Waals surface area contributed by atoms with E-state index in [1.165, 1.54) is 22.9 Å². The molecule has 0 atom stereocenters. The SMILES string of the molecule is O=C(c1ccc(Cl)cc1)n1c(Cl)c(/C=N/Nc2ccc([N+](=O)[O-])cc2)c2ccccc21. The van der Waals surface area contributed by atoms with E-state index in [9.17, 15) is 14.9 Å². The van der Waals surface area contributed by atoms with Gasteiger partial charge in [0.05, 0.1) is 22.3 Å². The van der Waals surface area contributed by atoms with Gasteiger partial charge in [-0.3, -0.25) is 24.9 Å². The van der Waals surface area contributed by atoms with Crippen molar-refractivity contribution in [1.82, 2.24) is 4.57 Å². The van der Waals surface area contributed by atoms with Crippen LogP contribution in [0.15, 0.2) is 77.9 Å². The van der Waals surface area contributed by atoms with Crippen LogP contribution < -0.4 is 5.43 Å². The zero-order valence-electron chi connectivity index (χ0n) is 15.8. The number of para-hydroxylation sites is 1. The summed E-state index contributed by atoms with van der Waals surface area (Å²) in [7, 11) is 0. The Hall–Kier alpha value is -3.68. The molecule has 0 spiro atoms. The highest BCUT2D eigenvalue weighted by atomic mass is 35.5. The third kappa shape index (κ3) is 4.14. The molecular formula is C22H14Cl2N4O3. The quantitative estimate of drug-likeness (QED) is 0.228. The second kappa shape index (κ2) is 8.59. The Morgan fingerprint density at radius 2 is 1.68 bits per heavy atom. The van der Waals surface area contributed by atoms with Gasteiger partial charge in [0.2, 0.25) is 0 Å². The second-order valence-corrected chi connectivity index (χ2v) is 7.34. The summed E-state index contributed by atoms with van der Waals surface area (Å²) in [5, 5.41) is 16.4. The smallest absolute Gasteiger partial charge is 0.269 e. The molecule has 0 aliphatic carbocycles. The predicted octanol–water partition coefficient (Wildman–Crippen LogP) is 5.99. The Morgan fingerprint density at radius 3 is 2.35 bits per heavy atom. The van der Waals surface area contributed by atoms with Gasteiger partial charge in [-0.15, -0.1) is 0 Å². The van der Waals surface area contributed by atoms with E-state index in [-0.39, 0.29) is 16.7 Å². The molecule has 1 N–H and O–H groups in total. The van der Waals surface area contributed by atoms with Gasteiger partial charge in [0.1, 0.15) is 5.15 Å². The number of fused-ring (bicyclic) bond motifs is 1. The van der Waals surface area contributed by atoms with Crippen LogP contribution in [0.3, 0.4) is 0 Å². The second-order valence-electron chi connectivity index (χ2n) is 6.54. The van der Waals surface area contributed by atoms with Crippen molar-refractivity contribution in [3.05, 3.63) is 104 Å². The fraction of sp³-hybridized carbons (Fsp3) is 0. The van der Waals surface area contributed by atoms with Gasteiger partial charge >= 0.3 is 0 Å². The van der Waals surface area contributed by atoms with E-state index in [1.807, 2.05) is 18.2 Å².